The van der Waals surface area contributed by atoms with E-state index in [1.165, 1.54) is 12.1 Å². The van der Waals surface area contributed by atoms with Crippen molar-refractivity contribution in [2.24, 2.45) is 11.5 Å². The lowest BCUT2D eigenvalue weighted by Gasteiger charge is -2.24. The van der Waals surface area contributed by atoms with Gasteiger partial charge < -0.3 is 31.4 Å². The number of rotatable bonds is 9. The van der Waals surface area contributed by atoms with E-state index in [-0.39, 0.29) is 24.7 Å². The summed E-state index contributed by atoms with van der Waals surface area (Å²) < 4.78 is 50.9. The van der Waals surface area contributed by atoms with Gasteiger partial charge >= 0.3 is 12.1 Å². The lowest BCUT2D eigenvalue weighted by Crippen LogP contribution is -2.49. The fraction of sp³-hybridized carbons (Fsp3) is 0.250. The van der Waals surface area contributed by atoms with E-state index < -0.39 is 36.2 Å². The number of hydrogen-bond acceptors (Lipinski definition) is 7. The molecule has 0 bridgehead atoms. The number of carboxylic acid groups (broad SMARTS) is 1. The first-order valence-corrected chi connectivity index (χ1v) is 12.3. The van der Waals surface area contributed by atoms with Gasteiger partial charge in [0.1, 0.15) is 11.3 Å². The molecule has 0 saturated heterocycles. The van der Waals surface area contributed by atoms with Gasteiger partial charge in [-0.2, -0.15) is 13.2 Å². The number of carboxylic acids is 1. The average Bonchev–Trinajstić information content (AvgIpc) is 3.37. The summed E-state index contributed by atoms with van der Waals surface area (Å²) in [6.07, 6.45) is -5.82. The van der Waals surface area contributed by atoms with Crippen molar-refractivity contribution in [1.82, 2.24) is 10.3 Å². The van der Waals surface area contributed by atoms with Crippen LogP contribution in [0.1, 0.15) is 24.0 Å². The Bertz CT molecular complexity index is 1450. The molecule has 0 aliphatic heterocycles. The van der Waals surface area contributed by atoms with Crippen molar-refractivity contribution in [2.45, 2.75) is 37.2 Å². The molecule has 1 aromatic heterocycles. The van der Waals surface area contributed by atoms with Crippen molar-refractivity contribution < 1.29 is 41.8 Å². The highest BCUT2D eigenvalue weighted by atomic mass is 19.4. The predicted octanol–water partition coefficient (Wildman–Crippen LogP) is 3.70. The van der Waals surface area contributed by atoms with Crippen LogP contribution in [0.5, 0.6) is 0 Å². The highest BCUT2D eigenvalue weighted by molar-refractivity contribution is 5.82. The van der Waals surface area contributed by atoms with E-state index >= 15 is 0 Å². The molecule has 4 rings (SSSR count). The minimum Gasteiger partial charge on any atom is -0.475 e. The molecule has 4 aromatic rings. The van der Waals surface area contributed by atoms with Gasteiger partial charge in [0, 0.05) is 0 Å². The van der Waals surface area contributed by atoms with Crippen molar-refractivity contribution in [3.05, 3.63) is 90.1 Å². The number of nitrogens with two attached hydrogens (primary N) is 2. The number of fused-ring (bicyclic) bond motifs is 1. The largest absolute Gasteiger partial charge is 0.490 e. The summed E-state index contributed by atoms with van der Waals surface area (Å²) in [6, 6.07) is 19.7. The van der Waals surface area contributed by atoms with E-state index in [4.69, 9.17) is 25.8 Å². The van der Waals surface area contributed by atoms with Crippen molar-refractivity contribution in [3.8, 4) is 11.1 Å². The zero-order chi connectivity index (χ0) is 30.2. The average molecular weight is 577 g/mol. The molecule has 1 amide bonds. The van der Waals surface area contributed by atoms with Gasteiger partial charge in [-0.3, -0.25) is 4.79 Å². The molecule has 1 heterocycles. The number of aromatic nitrogens is 1. The molecule has 0 spiro atoms. The van der Waals surface area contributed by atoms with Gasteiger partial charge in [0.25, 0.3) is 0 Å². The van der Waals surface area contributed by atoms with E-state index in [1.807, 2.05) is 42.5 Å². The normalized spacial score (nSPS) is 13.5. The van der Waals surface area contributed by atoms with Crippen molar-refractivity contribution in [2.75, 3.05) is 6.54 Å². The molecule has 0 saturated carbocycles. The van der Waals surface area contributed by atoms with Crippen molar-refractivity contribution in [1.29, 1.82) is 0 Å². The van der Waals surface area contributed by atoms with E-state index in [0.717, 1.165) is 16.7 Å². The van der Waals surface area contributed by atoms with Crippen molar-refractivity contribution >= 4 is 23.0 Å². The molecular weight excluding hydrogens is 548 g/mol. The minimum absolute atomic E-state index is 0.0695. The molecule has 9 nitrogen and oxygen atoms in total. The Balaban J connectivity index is 0.000000587. The summed E-state index contributed by atoms with van der Waals surface area (Å²) >= 11 is 0. The third-order valence-corrected chi connectivity index (χ3v) is 5.90. The van der Waals surface area contributed by atoms with Gasteiger partial charge in [-0.25, -0.2) is 14.2 Å². The lowest BCUT2D eigenvalue weighted by atomic mass is 10.00. The molecule has 1 unspecified atom stereocenters. The molecule has 3 aromatic carbocycles. The maximum atomic E-state index is 13.3. The number of carbonyl (C=O) groups is 2. The van der Waals surface area contributed by atoms with Gasteiger partial charge in [0.15, 0.2) is 11.7 Å². The highest BCUT2D eigenvalue weighted by Gasteiger charge is 2.38. The van der Waals surface area contributed by atoms with Gasteiger partial charge in [0.2, 0.25) is 11.8 Å². The Morgan fingerprint density at radius 2 is 1.63 bits per heavy atom. The van der Waals surface area contributed by atoms with E-state index in [1.54, 1.807) is 18.2 Å². The number of oxazole rings is 1. The van der Waals surface area contributed by atoms with Gasteiger partial charge in [-0.1, -0.05) is 48.5 Å². The topological polar surface area (TPSA) is 165 Å². The molecule has 0 fully saturated rings. The molecule has 41 heavy (non-hydrogen) atoms. The van der Waals surface area contributed by atoms with Crippen LogP contribution in [-0.2, 0) is 16.0 Å². The Labute approximate surface area is 231 Å². The van der Waals surface area contributed by atoms with Crippen LogP contribution in [0.25, 0.3) is 22.2 Å². The standard InChI is InChI=1S/C26H27FN4O3.C2HF3O2/c27-19-9-6-16(7-10-19)14-22(30-25(33)20(29)12-13-28)24(32)26-31-21-15-18(8-11-23(21)34-26)17-4-2-1-3-5-17;3-2(4,5)1(6)7/h1-11,15,20,22,24,32H,12-14,28-29H2,(H,30,33);(H,6,7)/t20-,22-,24?;/m1./s1. The van der Waals surface area contributed by atoms with Crippen molar-refractivity contribution in [3.63, 3.8) is 0 Å². The molecule has 3 atom stereocenters. The Morgan fingerprint density at radius 1 is 1.00 bits per heavy atom. The zero-order valence-electron chi connectivity index (χ0n) is 21.5. The summed E-state index contributed by atoms with van der Waals surface area (Å²) in [5, 5.41) is 21.0. The van der Waals surface area contributed by atoms with Crippen LogP contribution in [0.3, 0.4) is 0 Å². The SMILES string of the molecule is NCC[C@@H](N)C(=O)N[C@H](Cc1ccc(F)cc1)C(O)c1nc2cc(-c3ccccc3)ccc2o1.O=C(O)C(F)(F)F. The summed E-state index contributed by atoms with van der Waals surface area (Å²) in [6.45, 7) is 0.259. The summed E-state index contributed by atoms with van der Waals surface area (Å²) in [5.74, 6) is -3.50. The van der Waals surface area contributed by atoms with Crippen LogP contribution in [0, 0.1) is 5.82 Å². The number of alkyl halides is 3. The first kappa shape index (κ1) is 31.2. The number of nitrogens with one attached hydrogen (secondary N) is 1. The molecule has 0 radical (unpaired) electrons. The number of halogens is 4. The fourth-order valence-electron chi connectivity index (χ4n) is 3.77. The smallest absolute Gasteiger partial charge is 0.475 e. The maximum absolute atomic E-state index is 13.3. The number of benzene rings is 3. The van der Waals surface area contributed by atoms with Crippen LogP contribution in [0.2, 0.25) is 0 Å². The molecule has 0 aliphatic carbocycles. The molecule has 13 heteroatoms. The number of aliphatic hydroxyl groups excluding tert-OH is 1. The number of aliphatic hydroxyl groups is 1. The summed E-state index contributed by atoms with van der Waals surface area (Å²) in [4.78, 5) is 26.0. The first-order chi connectivity index (χ1) is 19.4. The van der Waals surface area contributed by atoms with Crippen LogP contribution in [0.15, 0.2) is 77.2 Å². The second kappa shape index (κ2) is 13.8. The van der Waals surface area contributed by atoms with E-state index in [2.05, 4.69) is 10.3 Å². The van der Waals surface area contributed by atoms with Crippen LogP contribution < -0.4 is 16.8 Å². The van der Waals surface area contributed by atoms with Crippen LogP contribution in [0.4, 0.5) is 17.6 Å². The first-order valence-electron chi connectivity index (χ1n) is 12.3. The zero-order valence-corrected chi connectivity index (χ0v) is 21.5. The second-order valence-electron chi connectivity index (χ2n) is 8.98. The number of nitrogens with zero attached hydrogens (tertiary/aromatic N) is 1. The Morgan fingerprint density at radius 3 is 2.22 bits per heavy atom. The number of amides is 1. The molecular formula is C28H28F4N4O5. The lowest BCUT2D eigenvalue weighted by molar-refractivity contribution is -0.192. The number of carbonyl (C=O) groups excluding carboxylic acids is 1. The minimum atomic E-state index is -5.08. The molecule has 7 N–H and O–H groups in total. The Hall–Kier alpha value is -4.33. The second-order valence-corrected chi connectivity index (χ2v) is 8.98. The van der Waals surface area contributed by atoms with Gasteiger partial charge in [0.05, 0.1) is 12.1 Å². The molecule has 218 valence electrons. The van der Waals surface area contributed by atoms with Crippen LogP contribution in [-0.4, -0.2) is 51.9 Å². The predicted molar refractivity (Wildman–Crippen MR) is 142 cm³/mol. The van der Waals surface area contributed by atoms with E-state index in [0.29, 0.717) is 17.5 Å². The van der Waals surface area contributed by atoms with Gasteiger partial charge in [-0.15, -0.1) is 0 Å². The monoisotopic (exact) mass is 576 g/mol. The fourth-order valence-corrected chi connectivity index (χ4v) is 3.77. The highest BCUT2D eigenvalue weighted by Crippen LogP contribution is 2.28. The third kappa shape index (κ3) is 8.83. The summed E-state index contributed by atoms with van der Waals surface area (Å²) in [5.41, 5.74) is 15.2. The number of hydrogen-bond donors (Lipinski definition) is 5. The Kier molecular flexibility index (Phi) is 10.5. The quantitative estimate of drug-likeness (QED) is 0.188. The van der Waals surface area contributed by atoms with Gasteiger partial charge in [-0.05, 0) is 60.3 Å². The molecule has 0 aliphatic rings. The third-order valence-electron chi connectivity index (χ3n) is 5.90. The van der Waals surface area contributed by atoms with E-state index in [9.17, 15) is 27.5 Å². The van der Waals surface area contributed by atoms with Crippen LogP contribution >= 0.6 is 0 Å². The number of aliphatic carboxylic acids is 1. The summed E-state index contributed by atoms with van der Waals surface area (Å²) in [7, 11) is 0. The maximum Gasteiger partial charge on any atom is 0.490 e.